The average Bonchev–Trinajstić information content (AvgIpc) is 2.59. The lowest BCUT2D eigenvalue weighted by molar-refractivity contribution is 0.0464. The molecule has 0 saturated carbocycles. The summed E-state index contributed by atoms with van der Waals surface area (Å²) in [5.74, 6) is 0.378. The lowest BCUT2D eigenvalue weighted by Crippen LogP contribution is -2.10. The Kier molecular flexibility index (Phi) is 5.86. The molecular weight excluding hydrogens is 300 g/mol. The number of esters is 1. The standard InChI is InChI=1S/C17H18O4S/c1-19-11-21-15-9-13(12-6-4-3-5-7-12)8-14(10-22)16(15)17(18)20-2/h3-9,22H,10-11H2,1-2H3. The van der Waals surface area contributed by atoms with Crippen molar-refractivity contribution in [1.29, 1.82) is 0 Å². The van der Waals surface area contributed by atoms with Gasteiger partial charge in [0.1, 0.15) is 11.3 Å². The van der Waals surface area contributed by atoms with Crippen molar-refractivity contribution < 1.29 is 19.0 Å². The molecule has 2 aromatic carbocycles. The zero-order valence-electron chi connectivity index (χ0n) is 12.5. The van der Waals surface area contributed by atoms with Gasteiger partial charge in [-0.25, -0.2) is 4.79 Å². The van der Waals surface area contributed by atoms with Gasteiger partial charge in [0.2, 0.25) is 0 Å². The van der Waals surface area contributed by atoms with Gasteiger partial charge in [0.05, 0.1) is 7.11 Å². The number of hydrogen-bond donors (Lipinski definition) is 1. The zero-order chi connectivity index (χ0) is 15.9. The molecule has 0 amide bonds. The molecule has 4 nitrogen and oxygen atoms in total. The highest BCUT2D eigenvalue weighted by Gasteiger charge is 2.19. The maximum Gasteiger partial charge on any atom is 0.341 e. The second-order valence-electron chi connectivity index (χ2n) is 4.58. The van der Waals surface area contributed by atoms with Gasteiger partial charge in [0, 0.05) is 12.9 Å². The van der Waals surface area contributed by atoms with Crippen molar-refractivity contribution in [2.75, 3.05) is 21.0 Å². The van der Waals surface area contributed by atoms with E-state index in [1.165, 1.54) is 14.2 Å². The van der Waals surface area contributed by atoms with E-state index in [1.54, 1.807) is 0 Å². The van der Waals surface area contributed by atoms with Crippen LogP contribution in [0, 0.1) is 0 Å². The molecule has 22 heavy (non-hydrogen) atoms. The van der Waals surface area contributed by atoms with Gasteiger partial charge in [-0.2, -0.15) is 12.6 Å². The molecule has 0 radical (unpaired) electrons. The zero-order valence-corrected chi connectivity index (χ0v) is 13.4. The first-order valence-electron chi connectivity index (χ1n) is 6.74. The van der Waals surface area contributed by atoms with Crippen LogP contribution in [0.5, 0.6) is 5.75 Å². The van der Waals surface area contributed by atoms with Gasteiger partial charge >= 0.3 is 5.97 Å². The summed E-state index contributed by atoms with van der Waals surface area (Å²) in [6.45, 7) is 0.0498. The minimum atomic E-state index is -0.449. The Morgan fingerprint density at radius 1 is 1.09 bits per heavy atom. The number of thiol groups is 1. The molecule has 0 N–H and O–H groups in total. The van der Waals surface area contributed by atoms with Crippen LogP contribution >= 0.6 is 12.6 Å². The van der Waals surface area contributed by atoms with E-state index in [0.29, 0.717) is 17.1 Å². The summed E-state index contributed by atoms with van der Waals surface area (Å²) in [5.41, 5.74) is 3.12. The first-order valence-corrected chi connectivity index (χ1v) is 7.37. The van der Waals surface area contributed by atoms with E-state index in [2.05, 4.69) is 12.6 Å². The summed E-state index contributed by atoms with van der Waals surface area (Å²) in [4.78, 5) is 12.0. The third kappa shape index (κ3) is 3.61. The van der Waals surface area contributed by atoms with Crippen LogP contribution in [-0.2, 0) is 15.2 Å². The molecule has 0 spiro atoms. The highest BCUT2D eigenvalue weighted by atomic mass is 32.1. The normalized spacial score (nSPS) is 10.3. The molecule has 0 aromatic heterocycles. The molecule has 0 unspecified atom stereocenters. The van der Waals surface area contributed by atoms with Crippen molar-refractivity contribution >= 4 is 18.6 Å². The summed E-state index contributed by atoms with van der Waals surface area (Å²) in [6.07, 6.45) is 0. The Balaban J connectivity index is 2.57. The summed E-state index contributed by atoms with van der Waals surface area (Å²) in [7, 11) is 2.87. The molecule has 0 aliphatic carbocycles. The summed E-state index contributed by atoms with van der Waals surface area (Å²) >= 11 is 4.32. The molecule has 0 saturated heterocycles. The van der Waals surface area contributed by atoms with E-state index in [0.717, 1.165) is 16.7 Å². The second-order valence-corrected chi connectivity index (χ2v) is 4.89. The van der Waals surface area contributed by atoms with E-state index >= 15 is 0 Å². The molecule has 0 fully saturated rings. The van der Waals surface area contributed by atoms with E-state index in [9.17, 15) is 4.79 Å². The number of ether oxygens (including phenoxy) is 3. The number of methoxy groups -OCH3 is 2. The maximum absolute atomic E-state index is 12.0. The van der Waals surface area contributed by atoms with Crippen LogP contribution in [0.2, 0.25) is 0 Å². The second kappa shape index (κ2) is 7.87. The van der Waals surface area contributed by atoms with Crippen molar-refractivity contribution in [2.45, 2.75) is 5.75 Å². The van der Waals surface area contributed by atoms with Crippen LogP contribution in [0.25, 0.3) is 11.1 Å². The quantitative estimate of drug-likeness (QED) is 0.502. The van der Waals surface area contributed by atoms with Crippen LogP contribution < -0.4 is 4.74 Å². The van der Waals surface area contributed by atoms with Gasteiger partial charge in [0.15, 0.2) is 6.79 Å². The van der Waals surface area contributed by atoms with Gasteiger partial charge in [-0.05, 0) is 28.8 Å². The van der Waals surface area contributed by atoms with Gasteiger partial charge < -0.3 is 14.2 Å². The number of carbonyl (C=O) groups is 1. The van der Waals surface area contributed by atoms with Crippen LogP contribution in [0.15, 0.2) is 42.5 Å². The Bertz CT molecular complexity index is 641. The predicted octanol–water partition coefficient (Wildman–Crippen LogP) is 3.55. The Labute approximate surface area is 135 Å². The number of rotatable bonds is 6. The van der Waals surface area contributed by atoms with Crippen molar-refractivity contribution in [3.8, 4) is 16.9 Å². The van der Waals surface area contributed by atoms with Crippen LogP contribution in [0.4, 0.5) is 0 Å². The van der Waals surface area contributed by atoms with Crippen LogP contribution in [0.1, 0.15) is 15.9 Å². The molecular formula is C17H18O4S. The topological polar surface area (TPSA) is 44.8 Å². The van der Waals surface area contributed by atoms with Gasteiger partial charge in [-0.15, -0.1) is 0 Å². The number of benzene rings is 2. The van der Waals surface area contributed by atoms with E-state index < -0.39 is 5.97 Å². The highest BCUT2D eigenvalue weighted by molar-refractivity contribution is 7.79. The number of carbonyl (C=O) groups excluding carboxylic acids is 1. The first-order chi connectivity index (χ1) is 10.7. The summed E-state index contributed by atoms with van der Waals surface area (Å²) in [6, 6.07) is 13.6. The lowest BCUT2D eigenvalue weighted by Gasteiger charge is -2.15. The fourth-order valence-corrected chi connectivity index (χ4v) is 2.41. The van der Waals surface area contributed by atoms with E-state index in [4.69, 9.17) is 14.2 Å². The Hall–Kier alpha value is -1.98. The molecule has 0 heterocycles. The minimum Gasteiger partial charge on any atom is -0.467 e. The minimum absolute atomic E-state index is 0.0498. The predicted molar refractivity (Wildman–Crippen MR) is 88.4 cm³/mol. The fourth-order valence-electron chi connectivity index (χ4n) is 2.17. The third-order valence-electron chi connectivity index (χ3n) is 3.18. The molecule has 5 heteroatoms. The molecule has 2 aromatic rings. The van der Waals surface area contributed by atoms with Crippen molar-refractivity contribution in [3.05, 3.63) is 53.6 Å². The Morgan fingerprint density at radius 3 is 2.41 bits per heavy atom. The molecule has 116 valence electrons. The summed E-state index contributed by atoms with van der Waals surface area (Å²) in [5, 5.41) is 0. The fraction of sp³-hybridized carbons (Fsp3) is 0.235. The van der Waals surface area contributed by atoms with Gasteiger partial charge in [-0.3, -0.25) is 0 Å². The van der Waals surface area contributed by atoms with Gasteiger partial charge in [0.25, 0.3) is 0 Å². The molecule has 0 aliphatic heterocycles. The van der Waals surface area contributed by atoms with Gasteiger partial charge in [-0.1, -0.05) is 30.3 Å². The molecule has 0 bridgehead atoms. The van der Waals surface area contributed by atoms with Crippen LogP contribution in [0.3, 0.4) is 0 Å². The largest absolute Gasteiger partial charge is 0.467 e. The first kappa shape index (κ1) is 16.4. The SMILES string of the molecule is COCOc1cc(-c2ccccc2)cc(CS)c1C(=O)OC. The molecule has 2 rings (SSSR count). The van der Waals surface area contributed by atoms with E-state index in [1.807, 2.05) is 42.5 Å². The maximum atomic E-state index is 12.0. The van der Waals surface area contributed by atoms with Crippen LogP contribution in [-0.4, -0.2) is 27.0 Å². The van der Waals surface area contributed by atoms with Crippen molar-refractivity contribution in [3.63, 3.8) is 0 Å². The monoisotopic (exact) mass is 318 g/mol. The van der Waals surface area contributed by atoms with Crippen molar-refractivity contribution in [2.24, 2.45) is 0 Å². The Morgan fingerprint density at radius 2 is 1.82 bits per heavy atom. The smallest absolute Gasteiger partial charge is 0.341 e. The van der Waals surface area contributed by atoms with Crippen molar-refractivity contribution in [1.82, 2.24) is 0 Å². The summed E-state index contributed by atoms with van der Waals surface area (Å²) < 4.78 is 15.3. The third-order valence-corrected chi connectivity index (χ3v) is 3.52. The molecule has 0 aliphatic rings. The van der Waals surface area contributed by atoms with E-state index in [-0.39, 0.29) is 6.79 Å². The molecule has 0 atom stereocenters. The number of hydrogen-bond acceptors (Lipinski definition) is 5. The average molecular weight is 318 g/mol. The highest BCUT2D eigenvalue weighted by Crippen LogP contribution is 2.32. The lowest BCUT2D eigenvalue weighted by atomic mass is 9.98.